The van der Waals surface area contributed by atoms with Crippen molar-refractivity contribution in [3.8, 4) is 11.1 Å². The average molecular weight is 554 g/mol. The Kier molecular flexibility index (Phi) is 7.23. The second-order valence-electron chi connectivity index (χ2n) is 10.1. The zero-order valence-electron chi connectivity index (χ0n) is 22.0. The number of nitrogens with zero attached hydrogens (tertiary/aromatic N) is 4. The fourth-order valence-electron chi connectivity index (χ4n) is 5.39. The zero-order chi connectivity index (χ0) is 27.6. The Balaban J connectivity index is 1.37. The van der Waals surface area contributed by atoms with E-state index in [0.29, 0.717) is 32.7 Å². The SMILES string of the molecule is CN1CCC(c2ccc(-c3ccc4ncn(C(C(=O)Nc5nccs5)c5ccccc5)c(=O)c4c3)cc2F)CC1. The van der Waals surface area contributed by atoms with E-state index in [-0.39, 0.29) is 17.3 Å². The van der Waals surface area contributed by atoms with Crippen molar-refractivity contribution in [3.05, 3.63) is 112 Å². The molecule has 0 bridgehead atoms. The Morgan fingerprint density at radius 2 is 1.77 bits per heavy atom. The Labute approximate surface area is 235 Å². The fourth-order valence-corrected chi connectivity index (χ4v) is 5.92. The van der Waals surface area contributed by atoms with E-state index in [4.69, 9.17) is 0 Å². The van der Waals surface area contributed by atoms with Crippen molar-refractivity contribution in [2.24, 2.45) is 0 Å². The van der Waals surface area contributed by atoms with Crippen LogP contribution in [0.5, 0.6) is 0 Å². The van der Waals surface area contributed by atoms with E-state index < -0.39 is 11.9 Å². The summed E-state index contributed by atoms with van der Waals surface area (Å²) in [5.41, 5.74) is 2.92. The molecule has 2 aromatic heterocycles. The number of piperidine rings is 1. The van der Waals surface area contributed by atoms with Gasteiger partial charge in [0.05, 0.1) is 17.2 Å². The third kappa shape index (κ3) is 5.17. The van der Waals surface area contributed by atoms with Crippen molar-refractivity contribution in [3.63, 3.8) is 0 Å². The van der Waals surface area contributed by atoms with E-state index in [1.165, 1.54) is 22.2 Å². The first-order valence-corrected chi connectivity index (χ1v) is 14.1. The Morgan fingerprint density at radius 1 is 1.02 bits per heavy atom. The highest BCUT2D eigenvalue weighted by molar-refractivity contribution is 7.13. The molecule has 7 nitrogen and oxygen atoms in total. The average Bonchev–Trinajstić information content (AvgIpc) is 3.48. The normalized spacial score (nSPS) is 15.2. The van der Waals surface area contributed by atoms with Crippen LogP contribution in [0.15, 0.2) is 89.4 Å². The number of nitrogens with one attached hydrogen (secondary N) is 1. The maximum atomic E-state index is 15.3. The maximum absolute atomic E-state index is 15.3. The van der Waals surface area contributed by atoms with Gasteiger partial charge in [-0.3, -0.25) is 19.5 Å². The molecule has 40 heavy (non-hydrogen) atoms. The number of anilines is 1. The zero-order valence-corrected chi connectivity index (χ0v) is 22.8. The topological polar surface area (TPSA) is 80.1 Å². The Bertz CT molecular complexity index is 1710. The van der Waals surface area contributed by atoms with E-state index in [9.17, 15) is 9.59 Å². The van der Waals surface area contributed by atoms with Crippen molar-refractivity contribution in [2.45, 2.75) is 24.8 Å². The van der Waals surface area contributed by atoms with Gasteiger partial charge in [0.15, 0.2) is 5.13 Å². The van der Waals surface area contributed by atoms with Crippen LogP contribution in [0, 0.1) is 5.82 Å². The highest BCUT2D eigenvalue weighted by Gasteiger charge is 2.26. The van der Waals surface area contributed by atoms with Gasteiger partial charge in [0.1, 0.15) is 11.9 Å². The molecule has 0 saturated carbocycles. The van der Waals surface area contributed by atoms with Crippen LogP contribution in [0.1, 0.15) is 35.9 Å². The Hall–Kier alpha value is -4.21. The number of hydrogen-bond donors (Lipinski definition) is 1. The van der Waals surface area contributed by atoms with E-state index in [1.807, 2.05) is 36.4 Å². The molecule has 5 aromatic rings. The van der Waals surface area contributed by atoms with Crippen LogP contribution in [-0.4, -0.2) is 45.5 Å². The predicted octanol–water partition coefficient (Wildman–Crippen LogP) is 5.70. The Morgan fingerprint density at radius 3 is 2.50 bits per heavy atom. The van der Waals surface area contributed by atoms with E-state index >= 15 is 4.39 Å². The number of rotatable bonds is 6. The monoisotopic (exact) mass is 553 g/mol. The minimum Gasteiger partial charge on any atom is -0.306 e. The van der Waals surface area contributed by atoms with Gasteiger partial charge in [0.2, 0.25) is 0 Å². The molecule has 6 rings (SSSR count). The first kappa shape index (κ1) is 26.0. The van der Waals surface area contributed by atoms with Gasteiger partial charge in [-0.2, -0.15) is 0 Å². The van der Waals surface area contributed by atoms with Crippen LogP contribution in [0.2, 0.25) is 0 Å². The molecule has 1 unspecified atom stereocenters. The number of thiazole rings is 1. The molecule has 1 saturated heterocycles. The summed E-state index contributed by atoms with van der Waals surface area (Å²) in [4.78, 5) is 38.2. The van der Waals surface area contributed by atoms with Gasteiger partial charge in [-0.25, -0.2) is 14.4 Å². The van der Waals surface area contributed by atoms with Crippen LogP contribution in [-0.2, 0) is 4.79 Å². The molecule has 0 spiro atoms. The third-order valence-corrected chi connectivity index (χ3v) is 8.27. The number of benzene rings is 3. The van der Waals surface area contributed by atoms with Gasteiger partial charge in [0.25, 0.3) is 11.5 Å². The molecule has 1 aliphatic rings. The standard InChI is InChI=1S/C31H28FN5O2S/c1-36-14-11-20(12-15-36)24-9-7-23(18-26(24)32)22-8-10-27-25(17-22)30(39)37(19-34-27)28(21-5-3-2-4-6-21)29(38)35-31-33-13-16-40-31/h2-10,13,16-20,28H,11-12,14-15H2,1H3,(H,33,35,38). The number of carbonyl (C=O) groups is 1. The molecule has 9 heteroatoms. The molecule has 1 atom stereocenters. The van der Waals surface area contributed by atoms with Crippen LogP contribution in [0.4, 0.5) is 9.52 Å². The number of likely N-dealkylation sites (tertiary alicyclic amines) is 1. The molecule has 202 valence electrons. The van der Waals surface area contributed by atoms with Crippen molar-refractivity contribution in [2.75, 3.05) is 25.5 Å². The number of fused-ring (bicyclic) bond motifs is 1. The second-order valence-corrected chi connectivity index (χ2v) is 11.0. The molecular formula is C31H28FN5O2S. The number of carbonyl (C=O) groups excluding carboxylic acids is 1. The molecule has 1 amide bonds. The van der Waals surface area contributed by atoms with E-state index in [1.54, 1.807) is 41.9 Å². The van der Waals surface area contributed by atoms with Gasteiger partial charge < -0.3 is 4.90 Å². The predicted molar refractivity (Wildman–Crippen MR) is 156 cm³/mol. The summed E-state index contributed by atoms with van der Waals surface area (Å²) >= 11 is 1.30. The summed E-state index contributed by atoms with van der Waals surface area (Å²) in [6, 6.07) is 18.8. The summed E-state index contributed by atoms with van der Waals surface area (Å²) in [6.07, 6.45) is 4.88. The van der Waals surface area contributed by atoms with Gasteiger partial charge in [-0.15, -0.1) is 11.3 Å². The van der Waals surface area contributed by atoms with Crippen molar-refractivity contribution >= 4 is 33.3 Å². The highest BCUT2D eigenvalue weighted by Crippen LogP contribution is 2.32. The smallest absolute Gasteiger partial charge is 0.262 e. The molecule has 1 fully saturated rings. The number of halogens is 1. The van der Waals surface area contributed by atoms with Gasteiger partial charge in [-0.1, -0.05) is 48.5 Å². The minimum atomic E-state index is -0.954. The lowest BCUT2D eigenvalue weighted by atomic mass is 9.88. The second kappa shape index (κ2) is 11.1. The van der Waals surface area contributed by atoms with Crippen LogP contribution in [0.25, 0.3) is 22.0 Å². The van der Waals surface area contributed by atoms with Crippen molar-refractivity contribution in [1.82, 2.24) is 19.4 Å². The quantitative estimate of drug-likeness (QED) is 0.292. The lowest BCUT2D eigenvalue weighted by molar-refractivity contribution is -0.118. The lowest BCUT2D eigenvalue weighted by Crippen LogP contribution is -2.34. The molecule has 0 aliphatic carbocycles. The minimum absolute atomic E-state index is 0.212. The third-order valence-electron chi connectivity index (χ3n) is 7.58. The van der Waals surface area contributed by atoms with E-state index in [2.05, 4.69) is 27.2 Å². The van der Waals surface area contributed by atoms with Crippen LogP contribution >= 0.6 is 11.3 Å². The fraction of sp³-hybridized carbons (Fsp3) is 0.226. The molecule has 3 aromatic carbocycles. The maximum Gasteiger partial charge on any atom is 0.262 e. The van der Waals surface area contributed by atoms with Crippen LogP contribution in [0.3, 0.4) is 0 Å². The van der Waals surface area contributed by atoms with Gasteiger partial charge >= 0.3 is 0 Å². The van der Waals surface area contributed by atoms with Gasteiger partial charge in [0, 0.05) is 11.6 Å². The summed E-state index contributed by atoms with van der Waals surface area (Å²) in [5.74, 6) is -0.408. The van der Waals surface area contributed by atoms with Gasteiger partial charge in [-0.05, 0) is 79.3 Å². The van der Waals surface area contributed by atoms with Crippen LogP contribution < -0.4 is 10.9 Å². The summed E-state index contributed by atoms with van der Waals surface area (Å²) < 4.78 is 16.6. The molecule has 1 aliphatic heterocycles. The largest absolute Gasteiger partial charge is 0.306 e. The van der Waals surface area contributed by atoms with Crippen molar-refractivity contribution in [1.29, 1.82) is 0 Å². The molecule has 0 radical (unpaired) electrons. The number of aromatic nitrogens is 3. The highest BCUT2D eigenvalue weighted by atomic mass is 32.1. The first-order chi connectivity index (χ1) is 19.5. The number of hydrogen-bond acceptors (Lipinski definition) is 6. The molecular weight excluding hydrogens is 525 g/mol. The summed E-state index contributed by atoms with van der Waals surface area (Å²) in [5, 5.41) is 5.37. The molecule has 3 heterocycles. The lowest BCUT2D eigenvalue weighted by Gasteiger charge is -2.29. The molecule has 1 N–H and O–H groups in total. The van der Waals surface area contributed by atoms with E-state index in [0.717, 1.165) is 31.5 Å². The number of amides is 1. The summed E-state index contributed by atoms with van der Waals surface area (Å²) in [6.45, 7) is 1.92. The van der Waals surface area contributed by atoms with Crippen molar-refractivity contribution < 1.29 is 9.18 Å². The first-order valence-electron chi connectivity index (χ1n) is 13.2. The summed E-state index contributed by atoms with van der Waals surface area (Å²) in [7, 11) is 2.09.